The zero-order valence-corrected chi connectivity index (χ0v) is 9.69. The summed E-state index contributed by atoms with van der Waals surface area (Å²) in [4.78, 5) is 21.1. The molecule has 15 heavy (non-hydrogen) atoms. The van der Waals surface area contributed by atoms with Crippen LogP contribution in [0.4, 0.5) is 5.82 Å². The third-order valence-electron chi connectivity index (χ3n) is 2.10. The van der Waals surface area contributed by atoms with E-state index in [9.17, 15) is 4.79 Å². The topological polar surface area (TPSA) is 46.1 Å². The van der Waals surface area contributed by atoms with Gasteiger partial charge in [-0.1, -0.05) is 13.8 Å². The van der Waals surface area contributed by atoms with E-state index < -0.39 is 0 Å². The first-order valence-corrected chi connectivity index (χ1v) is 5.03. The van der Waals surface area contributed by atoms with Crippen molar-refractivity contribution in [1.82, 2.24) is 9.97 Å². The van der Waals surface area contributed by atoms with E-state index in [1.807, 2.05) is 32.8 Å². The van der Waals surface area contributed by atoms with E-state index >= 15 is 0 Å². The van der Waals surface area contributed by atoms with E-state index in [1.54, 1.807) is 6.20 Å². The van der Waals surface area contributed by atoms with E-state index in [0.717, 1.165) is 23.5 Å². The van der Waals surface area contributed by atoms with Crippen LogP contribution in [0.2, 0.25) is 0 Å². The summed E-state index contributed by atoms with van der Waals surface area (Å²) >= 11 is 0. The van der Waals surface area contributed by atoms with Gasteiger partial charge >= 0.3 is 0 Å². The normalized spacial score (nSPS) is 10.5. The van der Waals surface area contributed by atoms with Crippen LogP contribution in [0.3, 0.4) is 0 Å². The first-order chi connectivity index (χ1) is 7.06. The van der Waals surface area contributed by atoms with E-state index in [1.165, 1.54) is 0 Å². The van der Waals surface area contributed by atoms with Crippen LogP contribution in [0, 0.1) is 0 Å². The van der Waals surface area contributed by atoms with Crippen molar-refractivity contribution in [3.8, 4) is 0 Å². The number of rotatable bonds is 4. The third kappa shape index (κ3) is 2.75. The summed E-state index contributed by atoms with van der Waals surface area (Å²) in [6.45, 7) is 4.10. The van der Waals surface area contributed by atoms with Gasteiger partial charge in [-0.25, -0.2) is 9.97 Å². The lowest BCUT2D eigenvalue weighted by molar-refractivity contribution is -0.107. The lowest BCUT2D eigenvalue weighted by Gasteiger charge is -2.16. The molecule has 0 aliphatic heterocycles. The first-order valence-electron chi connectivity index (χ1n) is 5.03. The molecule has 0 bridgehead atoms. The van der Waals surface area contributed by atoms with Crippen LogP contribution in [0.25, 0.3) is 0 Å². The highest BCUT2D eigenvalue weighted by atomic mass is 16.1. The monoisotopic (exact) mass is 207 g/mol. The maximum Gasteiger partial charge on any atom is 0.135 e. The van der Waals surface area contributed by atoms with Gasteiger partial charge in [0.25, 0.3) is 0 Å². The molecule has 0 radical (unpaired) electrons. The van der Waals surface area contributed by atoms with Gasteiger partial charge in [-0.15, -0.1) is 0 Å². The van der Waals surface area contributed by atoms with Gasteiger partial charge in [-0.2, -0.15) is 0 Å². The van der Waals surface area contributed by atoms with Crippen LogP contribution in [-0.2, 0) is 11.2 Å². The van der Waals surface area contributed by atoms with Crippen molar-refractivity contribution in [1.29, 1.82) is 0 Å². The second kappa shape index (κ2) is 4.87. The number of aldehydes is 1. The predicted octanol–water partition coefficient (Wildman–Crippen LogP) is 1.41. The van der Waals surface area contributed by atoms with E-state index in [-0.39, 0.29) is 0 Å². The molecule has 0 saturated heterocycles. The Bertz CT molecular complexity index is 348. The number of hydrogen-bond acceptors (Lipinski definition) is 4. The molecule has 4 nitrogen and oxygen atoms in total. The summed E-state index contributed by atoms with van der Waals surface area (Å²) in [5, 5.41) is 0. The molecule has 1 aromatic heterocycles. The number of nitrogens with zero attached hydrogens (tertiary/aromatic N) is 3. The highest BCUT2D eigenvalue weighted by Gasteiger charge is 2.10. The lowest BCUT2D eigenvalue weighted by atomic mass is 10.2. The summed E-state index contributed by atoms with van der Waals surface area (Å²) in [6, 6.07) is 0. The van der Waals surface area contributed by atoms with Crippen molar-refractivity contribution in [2.24, 2.45) is 0 Å². The molecule has 1 aromatic rings. The van der Waals surface area contributed by atoms with E-state index in [0.29, 0.717) is 12.3 Å². The Morgan fingerprint density at radius 1 is 1.47 bits per heavy atom. The summed E-state index contributed by atoms with van der Waals surface area (Å²) in [7, 11) is 3.83. The second-order valence-corrected chi connectivity index (χ2v) is 4.00. The number of hydrogen-bond donors (Lipinski definition) is 0. The van der Waals surface area contributed by atoms with Crippen LogP contribution in [0.5, 0.6) is 0 Å². The fourth-order valence-electron chi connectivity index (χ4n) is 1.31. The van der Waals surface area contributed by atoms with Crippen molar-refractivity contribution < 1.29 is 4.79 Å². The molecule has 0 unspecified atom stereocenters. The Balaban J connectivity index is 3.14. The Morgan fingerprint density at radius 3 is 2.60 bits per heavy atom. The zero-order chi connectivity index (χ0) is 11.4. The number of carbonyl (C=O) groups excluding carboxylic acids is 1. The maximum absolute atomic E-state index is 10.5. The molecule has 1 rings (SSSR count). The van der Waals surface area contributed by atoms with Crippen molar-refractivity contribution in [3.05, 3.63) is 17.6 Å². The summed E-state index contributed by atoms with van der Waals surface area (Å²) in [5.41, 5.74) is 0.874. The van der Waals surface area contributed by atoms with Gasteiger partial charge in [-0.05, 0) is 0 Å². The SMILES string of the molecule is CC(C)c1ncc(CC=O)c(N(C)C)n1. The average Bonchev–Trinajstić information content (AvgIpc) is 2.18. The summed E-state index contributed by atoms with van der Waals surface area (Å²) < 4.78 is 0. The minimum absolute atomic E-state index is 0.300. The third-order valence-corrected chi connectivity index (χ3v) is 2.10. The fourth-order valence-corrected chi connectivity index (χ4v) is 1.31. The van der Waals surface area contributed by atoms with Crippen molar-refractivity contribution in [2.45, 2.75) is 26.2 Å². The Kier molecular flexibility index (Phi) is 3.77. The van der Waals surface area contributed by atoms with Crippen LogP contribution in [0.15, 0.2) is 6.20 Å². The van der Waals surface area contributed by atoms with E-state index in [4.69, 9.17) is 0 Å². The number of anilines is 1. The molecule has 0 N–H and O–H groups in total. The molecule has 0 spiro atoms. The molecule has 0 aromatic carbocycles. The molecule has 0 saturated carbocycles. The summed E-state index contributed by atoms with van der Waals surface area (Å²) in [5.74, 6) is 1.95. The first kappa shape index (κ1) is 11.6. The van der Waals surface area contributed by atoms with Gasteiger partial charge in [0.15, 0.2) is 0 Å². The highest BCUT2D eigenvalue weighted by Crippen LogP contribution is 2.18. The second-order valence-electron chi connectivity index (χ2n) is 4.00. The van der Waals surface area contributed by atoms with Gasteiger partial charge < -0.3 is 9.69 Å². The minimum Gasteiger partial charge on any atom is -0.362 e. The van der Waals surface area contributed by atoms with Crippen LogP contribution >= 0.6 is 0 Å². The van der Waals surface area contributed by atoms with Crippen molar-refractivity contribution >= 4 is 12.1 Å². The average molecular weight is 207 g/mol. The summed E-state index contributed by atoms with van der Waals surface area (Å²) in [6.07, 6.45) is 2.98. The Hall–Kier alpha value is -1.45. The van der Waals surface area contributed by atoms with Gasteiger partial charge in [0.1, 0.15) is 17.9 Å². The van der Waals surface area contributed by atoms with Gasteiger partial charge in [0, 0.05) is 38.2 Å². The molecule has 0 aliphatic carbocycles. The zero-order valence-electron chi connectivity index (χ0n) is 9.69. The number of aromatic nitrogens is 2. The van der Waals surface area contributed by atoms with Crippen LogP contribution < -0.4 is 4.90 Å². The van der Waals surface area contributed by atoms with Gasteiger partial charge in [0.2, 0.25) is 0 Å². The minimum atomic E-state index is 0.300. The predicted molar refractivity (Wildman–Crippen MR) is 60.2 cm³/mol. The number of carbonyl (C=O) groups is 1. The van der Waals surface area contributed by atoms with Crippen molar-refractivity contribution in [2.75, 3.05) is 19.0 Å². The molecule has 0 aliphatic rings. The molecule has 0 fully saturated rings. The lowest BCUT2D eigenvalue weighted by Crippen LogP contribution is -2.16. The van der Waals surface area contributed by atoms with Crippen molar-refractivity contribution in [3.63, 3.8) is 0 Å². The van der Waals surface area contributed by atoms with E-state index in [2.05, 4.69) is 9.97 Å². The van der Waals surface area contributed by atoms with Crippen LogP contribution in [-0.4, -0.2) is 30.3 Å². The maximum atomic E-state index is 10.5. The molecule has 1 heterocycles. The molecular formula is C11H17N3O. The molecule has 0 atom stereocenters. The molecule has 4 heteroatoms. The molecular weight excluding hydrogens is 190 g/mol. The molecule has 0 amide bonds. The fraction of sp³-hybridized carbons (Fsp3) is 0.545. The van der Waals surface area contributed by atoms with Crippen LogP contribution in [0.1, 0.15) is 31.2 Å². The largest absolute Gasteiger partial charge is 0.362 e. The Labute approximate surface area is 90.3 Å². The standard InChI is InChI=1S/C11H17N3O/c1-8(2)10-12-7-9(5-6-15)11(13-10)14(3)4/h6-8H,5H2,1-4H3. The van der Waals surface area contributed by atoms with Gasteiger partial charge in [-0.3, -0.25) is 0 Å². The quantitative estimate of drug-likeness (QED) is 0.700. The smallest absolute Gasteiger partial charge is 0.135 e. The molecule has 82 valence electrons. The Morgan fingerprint density at radius 2 is 2.13 bits per heavy atom. The van der Waals surface area contributed by atoms with Gasteiger partial charge in [0.05, 0.1) is 0 Å². The highest BCUT2D eigenvalue weighted by molar-refractivity contribution is 5.60.